The molecule has 3 rings (SSSR count). The van der Waals surface area contributed by atoms with E-state index >= 15 is 0 Å². The molecule has 2 aromatic carbocycles. The topological polar surface area (TPSA) is 91.8 Å². The van der Waals surface area contributed by atoms with Gasteiger partial charge in [0, 0.05) is 12.6 Å². The lowest BCUT2D eigenvalue weighted by molar-refractivity contribution is 0.0693. The molecule has 124 valence electrons. The summed E-state index contributed by atoms with van der Waals surface area (Å²) in [5.41, 5.74) is 1.00. The molecule has 7 heteroatoms. The highest BCUT2D eigenvalue weighted by Gasteiger charge is 2.38. The number of amides is 1. The zero-order valence-electron chi connectivity index (χ0n) is 12.8. The van der Waals surface area contributed by atoms with Crippen LogP contribution in [0, 0.1) is 0 Å². The summed E-state index contributed by atoms with van der Waals surface area (Å²) >= 11 is 0. The molecule has 2 aromatic rings. The van der Waals surface area contributed by atoms with E-state index in [1.807, 2.05) is 0 Å². The van der Waals surface area contributed by atoms with Crippen LogP contribution in [0.15, 0.2) is 53.4 Å². The molecule has 1 heterocycles. The summed E-state index contributed by atoms with van der Waals surface area (Å²) in [5.74, 6) is -1.58. The molecule has 0 saturated heterocycles. The van der Waals surface area contributed by atoms with Gasteiger partial charge in [0.15, 0.2) is 9.84 Å². The molecule has 24 heavy (non-hydrogen) atoms. The minimum Gasteiger partial charge on any atom is -0.478 e. The maximum Gasteiger partial charge on any atom is 0.335 e. The lowest BCUT2D eigenvalue weighted by Crippen LogP contribution is -2.32. The summed E-state index contributed by atoms with van der Waals surface area (Å²) in [7, 11) is -1.85. The van der Waals surface area contributed by atoms with E-state index in [2.05, 4.69) is 0 Å². The zero-order chi connectivity index (χ0) is 17.5. The standard InChI is InChI=1S/C17H15NO5S/c1-18(16(19)11-6-8-12(9-7-11)17(20)21)14-10-24(22,23)15-5-3-2-4-13(14)15/h2-9,14H,10H2,1H3,(H,20,21). The SMILES string of the molecule is CN(C(=O)c1ccc(C(=O)O)cc1)C1CS(=O)(=O)c2ccccc21. The number of hydrogen-bond donors (Lipinski definition) is 1. The van der Waals surface area contributed by atoms with Gasteiger partial charge in [0.05, 0.1) is 22.3 Å². The Kier molecular flexibility index (Phi) is 3.88. The summed E-state index contributed by atoms with van der Waals surface area (Å²) in [6, 6.07) is 11.7. The predicted molar refractivity (Wildman–Crippen MR) is 86.7 cm³/mol. The molecule has 6 nitrogen and oxygen atoms in total. The van der Waals surface area contributed by atoms with Gasteiger partial charge in [-0.05, 0) is 35.9 Å². The molecule has 0 saturated carbocycles. The van der Waals surface area contributed by atoms with Crippen LogP contribution in [0.2, 0.25) is 0 Å². The number of carboxylic acids is 1. The molecular weight excluding hydrogens is 330 g/mol. The third-order valence-electron chi connectivity index (χ3n) is 4.16. The first-order valence-electron chi connectivity index (χ1n) is 7.23. The molecule has 1 amide bonds. The Labute approximate surface area is 139 Å². The monoisotopic (exact) mass is 345 g/mol. The van der Waals surface area contributed by atoms with E-state index in [9.17, 15) is 18.0 Å². The van der Waals surface area contributed by atoms with Crippen LogP contribution in [0.4, 0.5) is 0 Å². The molecule has 1 aliphatic heterocycles. The van der Waals surface area contributed by atoms with Gasteiger partial charge in [0.2, 0.25) is 0 Å². The molecular formula is C17H15NO5S. The molecule has 0 bridgehead atoms. The van der Waals surface area contributed by atoms with Crippen LogP contribution in [0.3, 0.4) is 0 Å². The van der Waals surface area contributed by atoms with E-state index in [-0.39, 0.29) is 22.1 Å². The van der Waals surface area contributed by atoms with Crippen molar-refractivity contribution in [1.29, 1.82) is 0 Å². The van der Waals surface area contributed by atoms with Crippen molar-refractivity contribution in [3.63, 3.8) is 0 Å². The molecule has 1 atom stereocenters. The van der Waals surface area contributed by atoms with Crippen LogP contribution in [0.1, 0.15) is 32.3 Å². The number of aromatic carboxylic acids is 1. The van der Waals surface area contributed by atoms with Crippen molar-refractivity contribution in [1.82, 2.24) is 4.90 Å². The van der Waals surface area contributed by atoms with Gasteiger partial charge < -0.3 is 10.0 Å². The quantitative estimate of drug-likeness (QED) is 0.918. The first-order valence-corrected chi connectivity index (χ1v) is 8.88. The van der Waals surface area contributed by atoms with Gasteiger partial charge in [-0.2, -0.15) is 0 Å². The smallest absolute Gasteiger partial charge is 0.335 e. The maximum atomic E-state index is 12.6. The lowest BCUT2D eigenvalue weighted by Gasteiger charge is -2.24. The van der Waals surface area contributed by atoms with E-state index in [0.29, 0.717) is 11.1 Å². The van der Waals surface area contributed by atoms with Crippen LogP contribution in [-0.4, -0.2) is 43.1 Å². The largest absolute Gasteiger partial charge is 0.478 e. The van der Waals surface area contributed by atoms with Crippen molar-refractivity contribution in [2.24, 2.45) is 0 Å². The van der Waals surface area contributed by atoms with E-state index in [0.717, 1.165) is 0 Å². The Morgan fingerprint density at radius 2 is 1.62 bits per heavy atom. The fourth-order valence-corrected chi connectivity index (χ4v) is 4.69. The fraction of sp³-hybridized carbons (Fsp3) is 0.176. The number of nitrogens with zero attached hydrogens (tertiary/aromatic N) is 1. The number of fused-ring (bicyclic) bond motifs is 1. The first-order chi connectivity index (χ1) is 11.3. The molecule has 1 aliphatic rings. The average Bonchev–Trinajstić information content (AvgIpc) is 2.85. The van der Waals surface area contributed by atoms with Crippen molar-refractivity contribution in [2.75, 3.05) is 12.8 Å². The fourth-order valence-electron chi connectivity index (χ4n) is 2.85. The maximum absolute atomic E-state index is 12.6. The Morgan fingerprint density at radius 1 is 1.04 bits per heavy atom. The highest BCUT2D eigenvalue weighted by molar-refractivity contribution is 7.91. The summed E-state index contributed by atoms with van der Waals surface area (Å²) < 4.78 is 24.5. The van der Waals surface area contributed by atoms with Gasteiger partial charge in [-0.15, -0.1) is 0 Å². The highest BCUT2D eigenvalue weighted by Crippen LogP contribution is 2.36. The van der Waals surface area contributed by atoms with Gasteiger partial charge in [-0.1, -0.05) is 18.2 Å². The summed E-state index contributed by atoms with van der Waals surface area (Å²) in [6.07, 6.45) is 0. The van der Waals surface area contributed by atoms with Crippen molar-refractivity contribution in [3.05, 3.63) is 65.2 Å². The van der Waals surface area contributed by atoms with Crippen molar-refractivity contribution in [3.8, 4) is 0 Å². The van der Waals surface area contributed by atoms with Gasteiger partial charge in [-0.3, -0.25) is 4.79 Å². The Morgan fingerprint density at radius 3 is 2.25 bits per heavy atom. The summed E-state index contributed by atoms with van der Waals surface area (Å²) in [5, 5.41) is 8.90. The Bertz CT molecular complexity index is 918. The number of carbonyl (C=O) groups is 2. The Balaban J connectivity index is 1.91. The lowest BCUT2D eigenvalue weighted by atomic mass is 10.1. The summed E-state index contributed by atoms with van der Waals surface area (Å²) in [4.78, 5) is 25.1. The third kappa shape index (κ3) is 2.67. The molecule has 0 aromatic heterocycles. The van der Waals surface area contributed by atoms with Gasteiger partial charge >= 0.3 is 5.97 Å². The molecule has 0 aliphatic carbocycles. The normalized spacial score (nSPS) is 18.0. The van der Waals surface area contributed by atoms with E-state index in [4.69, 9.17) is 5.11 Å². The third-order valence-corrected chi connectivity index (χ3v) is 5.95. The number of hydrogen-bond acceptors (Lipinski definition) is 4. The van der Waals surface area contributed by atoms with Crippen LogP contribution in [0.5, 0.6) is 0 Å². The minimum atomic E-state index is -3.41. The first kappa shape index (κ1) is 16.2. The molecule has 0 radical (unpaired) electrons. The van der Waals surface area contributed by atoms with E-state index < -0.39 is 21.8 Å². The average molecular weight is 345 g/mol. The second-order valence-corrected chi connectivity index (χ2v) is 7.64. The van der Waals surface area contributed by atoms with E-state index in [1.165, 1.54) is 29.2 Å². The van der Waals surface area contributed by atoms with Gasteiger partial charge in [0.1, 0.15) is 0 Å². The summed E-state index contributed by atoms with van der Waals surface area (Å²) in [6.45, 7) is 0. The number of rotatable bonds is 3. The van der Waals surface area contributed by atoms with Crippen molar-refractivity contribution < 1.29 is 23.1 Å². The second kappa shape index (κ2) is 5.76. The Hall–Kier alpha value is -2.67. The van der Waals surface area contributed by atoms with Crippen molar-refractivity contribution in [2.45, 2.75) is 10.9 Å². The zero-order valence-corrected chi connectivity index (χ0v) is 13.7. The second-order valence-electron chi connectivity index (χ2n) is 5.63. The number of carboxylic acid groups (broad SMARTS) is 1. The molecule has 1 N–H and O–H groups in total. The molecule has 0 spiro atoms. The van der Waals surface area contributed by atoms with Crippen LogP contribution < -0.4 is 0 Å². The number of carbonyl (C=O) groups excluding carboxylic acids is 1. The number of benzene rings is 2. The minimum absolute atomic E-state index is 0.0861. The highest BCUT2D eigenvalue weighted by atomic mass is 32.2. The van der Waals surface area contributed by atoms with Gasteiger partial charge in [0.25, 0.3) is 5.91 Å². The van der Waals surface area contributed by atoms with Gasteiger partial charge in [-0.25, -0.2) is 13.2 Å². The van der Waals surface area contributed by atoms with E-state index in [1.54, 1.807) is 31.3 Å². The van der Waals surface area contributed by atoms with Crippen LogP contribution in [0.25, 0.3) is 0 Å². The number of sulfone groups is 1. The predicted octanol–water partition coefficient (Wildman–Crippen LogP) is 1.99. The van der Waals surface area contributed by atoms with Crippen LogP contribution >= 0.6 is 0 Å². The molecule has 1 unspecified atom stereocenters. The molecule has 0 fully saturated rings. The van der Waals surface area contributed by atoms with Crippen molar-refractivity contribution >= 4 is 21.7 Å². The van der Waals surface area contributed by atoms with Crippen LogP contribution in [-0.2, 0) is 9.84 Å².